The van der Waals surface area contributed by atoms with Crippen molar-refractivity contribution in [1.82, 2.24) is 20.0 Å². The maximum absolute atomic E-state index is 12.9. The lowest BCUT2D eigenvalue weighted by atomic mass is 9.96. The highest BCUT2D eigenvalue weighted by atomic mass is 19.4. The van der Waals surface area contributed by atoms with Crippen molar-refractivity contribution in [3.8, 4) is 5.75 Å². The molecule has 36 heavy (non-hydrogen) atoms. The van der Waals surface area contributed by atoms with Gasteiger partial charge in [-0.2, -0.15) is 18.3 Å². The van der Waals surface area contributed by atoms with E-state index in [4.69, 9.17) is 14.2 Å². The van der Waals surface area contributed by atoms with Gasteiger partial charge in [0.25, 0.3) is 5.91 Å². The molecule has 1 aromatic heterocycles. The molecule has 3 aliphatic rings. The first-order valence-electron chi connectivity index (χ1n) is 12.4. The fourth-order valence-electron chi connectivity index (χ4n) is 4.68. The van der Waals surface area contributed by atoms with Crippen LogP contribution in [0.2, 0.25) is 0 Å². The van der Waals surface area contributed by atoms with E-state index in [0.29, 0.717) is 36.1 Å². The van der Waals surface area contributed by atoms with Gasteiger partial charge in [0.05, 0.1) is 37.6 Å². The zero-order valence-electron chi connectivity index (χ0n) is 20.1. The van der Waals surface area contributed by atoms with Crippen molar-refractivity contribution in [3.63, 3.8) is 0 Å². The third-order valence-electron chi connectivity index (χ3n) is 6.82. The fourth-order valence-corrected chi connectivity index (χ4v) is 4.68. The van der Waals surface area contributed by atoms with Crippen molar-refractivity contribution in [1.29, 1.82) is 0 Å². The lowest BCUT2D eigenvalue weighted by Crippen LogP contribution is -2.43. The molecule has 0 unspecified atom stereocenters. The minimum Gasteiger partial charge on any atom is -0.491 e. The number of benzene rings is 1. The van der Waals surface area contributed by atoms with Crippen LogP contribution in [-0.4, -0.2) is 71.8 Å². The van der Waals surface area contributed by atoms with E-state index in [1.807, 2.05) is 10.7 Å². The van der Waals surface area contributed by atoms with Gasteiger partial charge in [0.2, 0.25) is 0 Å². The van der Waals surface area contributed by atoms with Crippen LogP contribution >= 0.6 is 0 Å². The highest BCUT2D eigenvalue weighted by molar-refractivity contribution is 5.92. The zero-order chi connectivity index (χ0) is 25.1. The summed E-state index contributed by atoms with van der Waals surface area (Å²) in [4.78, 5) is 15.2. The number of aromatic nitrogens is 2. The molecule has 0 saturated heterocycles. The van der Waals surface area contributed by atoms with Gasteiger partial charge in [-0.25, -0.2) is 0 Å². The van der Waals surface area contributed by atoms with Crippen molar-refractivity contribution in [2.45, 2.75) is 63.7 Å². The standard InChI is InChI=1S/C25H31F3N4O4/c26-25(27,28)16-34-14-17-4-5-23-18(10-17)11-19(15-36-23)29-24(33)22-12-20-13-31(6-7-32(20)30-22)8-9-35-21-2-1-3-21/h4-5,10,12,19,21H,1-3,6-9,11,13-16H2,(H,29,33)/t19-/m1/s1. The molecule has 5 rings (SSSR count). The molecule has 1 aliphatic carbocycles. The van der Waals surface area contributed by atoms with Gasteiger partial charge >= 0.3 is 6.18 Å². The van der Waals surface area contributed by atoms with Crippen molar-refractivity contribution >= 4 is 5.91 Å². The number of alkyl halides is 3. The number of halogens is 3. The van der Waals surface area contributed by atoms with Gasteiger partial charge < -0.3 is 19.5 Å². The predicted molar refractivity (Wildman–Crippen MR) is 124 cm³/mol. The number of hydrogen-bond donors (Lipinski definition) is 1. The second-order valence-electron chi connectivity index (χ2n) is 9.68. The number of rotatable bonds is 9. The zero-order valence-corrected chi connectivity index (χ0v) is 20.1. The molecule has 1 fully saturated rings. The highest BCUT2D eigenvalue weighted by Crippen LogP contribution is 2.27. The average molecular weight is 509 g/mol. The van der Waals surface area contributed by atoms with E-state index < -0.39 is 12.8 Å². The van der Waals surface area contributed by atoms with Crippen LogP contribution in [-0.2, 0) is 35.6 Å². The second-order valence-corrected chi connectivity index (χ2v) is 9.68. The largest absolute Gasteiger partial charge is 0.491 e. The van der Waals surface area contributed by atoms with E-state index >= 15 is 0 Å². The van der Waals surface area contributed by atoms with Gasteiger partial charge in [0.15, 0.2) is 5.69 Å². The van der Waals surface area contributed by atoms with Crippen LogP contribution < -0.4 is 10.1 Å². The Morgan fingerprint density at radius 1 is 1.22 bits per heavy atom. The van der Waals surface area contributed by atoms with Gasteiger partial charge in [0, 0.05) is 19.6 Å². The van der Waals surface area contributed by atoms with Gasteiger partial charge in [-0.05, 0) is 55.0 Å². The molecule has 1 aromatic carbocycles. The topological polar surface area (TPSA) is 77.8 Å². The number of fused-ring (bicyclic) bond motifs is 2. The number of carbonyl (C=O) groups is 1. The Labute approximate surface area is 207 Å². The predicted octanol–water partition coefficient (Wildman–Crippen LogP) is 3.08. The van der Waals surface area contributed by atoms with Crippen LogP contribution in [0.3, 0.4) is 0 Å². The Balaban J connectivity index is 1.12. The number of hydrogen-bond acceptors (Lipinski definition) is 6. The molecule has 0 spiro atoms. The van der Waals surface area contributed by atoms with Crippen LogP contribution in [0.15, 0.2) is 24.3 Å². The van der Waals surface area contributed by atoms with Gasteiger partial charge in [-0.1, -0.05) is 6.07 Å². The van der Waals surface area contributed by atoms with Crippen molar-refractivity contribution in [3.05, 3.63) is 46.8 Å². The smallest absolute Gasteiger partial charge is 0.411 e. The maximum Gasteiger partial charge on any atom is 0.411 e. The van der Waals surface area contributed by atoms with Crippen LogP contribution in [0.4, 0.5) is 13.2 Å². The molecule has 1 atom stereocenters. The van der Waals surface area contributed by atoms with E-state index in [1.165, 1.54) is 19.3 Å². The second kappa shape index (κ2) is 10.8. The number of amides is 1. The quantitative estimate of drug-likeness (QED) is 0.561. The molecule has 1 saturated carbocycles. The van der Waals surface area contributed by atoms with Crippen LogP contribution in [0.5, 0.6) is 5.75 Å². The molecule has 8 nitrogen and oxygen atoms in total. The summed E-state index contributed by atoms with van der Waals surface area (Å²) in [5.74, 6) is 0.400. The highest BCUT2D eigenvalue weighted by Gasteiger charge is 2.28. The Hall–Kier alpha value is -2.63. The van der Waals surface area contributed by atoms with Gasteiger partial charge in [-0.3, -0.25) is 14.4 Å². The summed E-state index contributed by atoms with van der Waals surface area (Å²) in [5, 5.41) is 7.48. The van der Waals surface area contributed by atoms with E-state index in [1.54, 1.807) is 18.2 Å². The Morgan fingerprint density at radius 3 is 2.86 bits per heavy atom. The Morgan fingerprint density at radius 2 is 2.08 bits per heavy atom. The van der Waals surface area contributed by atoms with E-state index in [9.17, 15) is 18.0 Å². The number of ether oxygens (including phenoxy) is 3. The van der Waals surface area contributed by atoms with Crippen LogP contribution in [0, 0.1) is 0 Å². The third-order valence-corrected chi connectivity index (χ3v) is 6.82. The van der Waals surface area contributed by atoms with E-state index in [2.05, 4.69) is 15.3 Å². The third kappa shape index (κ3) is 6.37. The summed E-state index contributed by atoms with van der Waals surface area (Å²) < 4.78 is 55.3. The maximum atomic E-state index is 12.9. The first-order chi connectivity index (χ1) is 17.3. The summed E-state index contributed by atoms with van der Waals surface area (Å²) in [6.07, 6.45) is 0.179. The molecule has 3 heterocycles. The first-order valence-corrected chi connectivity index (χ1v) is 12.4. The Bertz CT molecular complexity index is 1070. The molecular formula is C25H31F3N4O4. The SMILES string of the molecule is O=C(N[C@H]1COc2ccc(COCC(F)(F)F)cc2C1)c1cc2n(n1)CCN(CCOC1CCC1)C2. The molecule has 2 aromatic rings. The summed E-state index contributed by atoms with van der Waals surface area (Å²) in [6, 6.07) is 6.75. The van der Waals surface area contributed by atoms with Gasteiger partial charge in [0.1, 0.15) is 19.0 Å². The normalized spacial score (nSPS) is 20.2. The average Bonchev–Trinajstić information content (AvgIpc) is 3.23. The first kappa shape index (κ1) is 25.0. The molecule has 0 radical (unpaired) electrons. The van der Waals surface area contributed by atoms with Crippen LogP contribution in [0.25, 0.3) is 0 Å². The lowest BCUT2D eigenvalue weighted by molar-refractivity contribution is -0.176. The fraction of sp³-hybridized carbons (Fsp3) is 0.600. The number of nitrogens with zero attached hydrogens (tertiary/aromatic N) is 3. The van der Waals surface area contributed by atoms with Crippen molar-refractivity contribution < 1.29 is 32.2 Å². The summed E-state index contributed by atoms with van der Waals surface area (Å²) >= 11 is 0. The molecular weight excluding hydrogens is 477 g/mol. The molecule has 1 N–H and O–H groups in total. The number of nitrogens with one attached hydrogen (secondary N) is 1. The van der Waals surface area contributed by atoms with E-state index in [0.717, 1.165) is 44.0 Å². The molecule has 2 aliphatic heterocycles. The number of carbonyl (C=O) groups excluding carboxylic acids is 1. The lowest BCUT2D eigenvalue weighted by Gasteiger charge is -2.30. The molecule has 11 heteroatoms. The molecule has 196 valence electrons. The molecule has 1 amide bonds. The van der Waals surface area contributed by atoms with Gasteiger partial charge in [-0.15, -0.1) is 0 Å². The molecule has 0 bridgehead atoms. The van der Waals surface area contributed by atoms with Crippen LogP contribution in [0.1, 0.15) is 46.6 Å². The summed E-state index contributed by atoms with van der Waals surface area (Å²) in [6.45, 7) is 2.79. The van der Waals surface area contributed by atoms with Crippen molar-refractivity contribution in [2.75, 3.05) is 32.9 Å². The minimum absolute atomic E-state index is 0.145. The van der Waals surface area contributed by atoms with Crippen molar-refractivity contribution in [2.24, 2.45) is 0 Å². The Kier molecular flexibility index (Phi) is 7.49. The van der Waals surface area contributed by atoms with E-state index in [-0.39, 0.29) is 18.6 Å². The summed E-state index contributed by atoms with van der Waals surface area (Å²) in [7, 11) is 0. The monoisotopic (exact) mass is 508 g/mol. The minimum atomic E-state index is -4.36. The summed E-state index contributed by atoms with van der Waals surface area (Å²) in [5.41, 5.74) is 2.82.